The Kier molecular flexibility index (Phi) is 5.06. The van der Waals surface area contributed by atoms with Gasteiger partial charge in [0.05, 0.1) is 19.3 Å². The molecular formula is C21H24N6O. The van der Waals surface area contributed by atoms with Crippen LogP contribution >= 0.6 is 0 Å². The van der Waals surface area contributed by atoms with E-state index in [1.165, 1.54) is 5.56 Å². The average molecular weight is 376 g/mol. The molecule has 28 heavy (non-hydrogen) atoms. The average Bonchev–Trinajstić information content (AvgIpc) is 3.17. The van der Waals surface area contributed by atoms with Crippen molar-refractivity contribution in [2.75, 3.05) is 30.5 Å². The molecule has 7 heteroatoms. The summed E-state index contributed by atoms with van der Waals surface area (Å²) in [5.74, 6) is 3.53. The van der Waals surface area contributed by atoms with Crippen LogP contribution in [0, 0.1) is 0 Å². The van der Waals surface area contributed by atoms with Crippen LogP contribution in [0.25, 0.3) is 0 Å². The first-order chi connectivity index (χ1) is 13.7. The zero-order valence-corrected chi connectivity index (χ0v) is 16.5. The second kappa shape index (κ2) is 7.80. The van der Waals surface area contributed by atoms with Gasteiger partial charge in [0.1, 0.15) is 29.5 Å². The van der Waals surface area contributed by atoms with Gasteiger partial charge in [-0.3, -0.25) is 0 Å². The maximum atomic E-state index is 5.21. The van der Waals surface area contributed by atoms with Gasteiger partial charge in [-0.25, -0.2) is 19.9 Å². The standard InChI is InChI=1S/C21H24N6O/c1-4-26(2)20-10-21(24-14-23-20)27-12-16-11-22-19(25-18(16)13-27)9-15-5-7-17(28-3)8-6-15/h5-8,10-11,14H,4,9,12-13H2,1-3H3. The van der Waals surface area contributed by atoms with E-state index in [2.05, 4.69) is 31.7 Å². The van der Waals surface area contributed by atoms with E-state index in [-0.39, 0.29) is 0 Å². The molecule has 0 radical (unpaired) electrons. The molecule has 1 aliphatic heterocycles. The van der Waals surface area contributed by atoms with E-state index < -0.39 is 0 Å². The number of hydrogen-bond donors (Lipinski definition) is 0. The number of hydrogen-bond acceptors (Lipinski definition) is 7. The maximum Gasteiger partial charge on any atom is 0.134 e. The number of fused-ring (bicyclic) bond motifs is 1. The van der Waals surface area contributed by atoms with Gasteiger partial charge in [-0.15, -0.1) is 0 Å². The monoisotopic (exact) mass is 376 g/mol. The van der Waals surface area contributed by atoms with Crippen molar-refractivity contribution < 1.29 is 4.74 Å². The molecule has 144 valence electrons. The summed E-state index contributed by atoms with van der Waals surface area (Å²) in [6.45, 7) is 4.51. The minimum atomic E-state index is 0.705. The highest BCUT2D eigenvalue weighted by atomic mass is 16.5. The fraction of sp³-hybridized carbons (Fsp3) is 0.333. The molecule has 1 aromatic carbocycles. The molecule has 0 N–H and O–H groups in total. The molecule has 0 spiro atoms. The summed E-state index contributed by atoms with van der Waals surface area (Å²) in [6.07, 6.45) is 4.28. The summed E-state index contributed by atoms with van der Waals surface area (Å²) in [6, 6.07) is 10.1. The molecule has 0 fully saturated rings. The summed E-state index contributed by atoms with van der Waals surface area (Å²) in [7, 11) is 3.70. The van der Waals surface area contributed by atoms with Crippen molar-refractivity contribution in [1.82, 2.24) is 19.9 Å². The number of aromatic nitrogens is 4. The molecule has 0 aliphatic carbocycles. The SMILES string of the molecule is CCN(C)c1cc(N2Cc3cnc(Cc4ccc(OC)cc4)nc3C2)ncn1. The van der Waals surface area contributed by atoms with Crippen LogP contribution in [0.5, 0.6) is 5.75 Å². The van der Waals surface area contributed by atoms with Crippen molar-refractivity contribution in [2.45, 2.75) is 26.4 Å². The summed E-state index contributed by atoms with van der Waals surface area (Å²) >= 11 is 0. The first kappa shape index (κ1) is 18.2. The van der Waals surface area contributed by atoms with Crippen molar-refractivity contribution in [3.8, 4) is 5.75 Å². The highest BCUT2D eigenvalue weighted by Gasteiger charge is 2.23. The van der Waals surface area contributed by atoms with E-state index in [9.17, 15) is 0 Å². The van der Waals surface area contributed by atoms with Gasteiger partial charge in [-0.05, 0) is 24.6 Å². The summed E-state index contributed by atoms with van der Waals surface area (Å²) < 4.78 is 5.21. The van der Waals surface area contributed by atoms with E-state index in [0.29, 0.717) is 6.42 Å². The zero-order valence-electron chi connectivity index (χ0n) is 16.5. The first-order valence-electron chi connectivity index (χ1n) is 9.41. The van der Waals surface area contributed by atoms with E-state index >= 15 is 0 Å². The second-order valence-electron chi connectivity index (χ2n) is 6.89. The third kappa shape index (κ3) is 3.74. The summed E-state index contributed by atoms with van der Waals surface area (Å²) in [5.41, 5.74) is 3.39. The summed E-state index contributed by atoms with van der Waals surface area (Å²) in [4.78, 5) is 22.5. The van der Waals surface area contributed by atoms with Crippen LogP contribution in [0.3, 0.4) is 0 Å². The van der Waals surface area contributed by atoms with Crippen molar-refractivity contribution >= 4 is 11.6 Å². The van der Waals surface area contributed by atoms with E-state index in [1.54, 1.807) is 13.4 Å². The number of ether oxygens (including phenoxy) is 1. The molecule has 4 rings (SSSR count). The smallest absolute Gasteiger partial charge is 0.134 e. The van der Waals surface area contributed by atoms with Gasteiger partial charge in [0, 0.05) is 44.4 Å². The molecule has 0 atom stereocenters. The lowest BCUT2D eigenvalue weighted by atomic mass is 10.1. The minimum absolute atomic E-state index is 0.705. The topological polar surface area (TPSA) is 67.3 Å². The number of rotatable bonds is 6. The fourth-order valence-electron chi connectivity index (χ4n) is 3.25. The lowest BCUT2D eigenvalue weighted by Crippen LogP contribution is -2.20. The largest absolute Gasteiger partial charge is 0.497 e. The molecule has 0 saturated heterocycles. The molecule has 0 amide bonds. The Morgan fingerprint density at radius 3 is 2.68 bits per heavy atom. The highest BCUT2D eigenvalue weighted by molar-refractivity contribution is 5.52. The first-order valence-corrected chi connectivity index (χ1v) is 9.41. The van der Waals surface area contributed by atoms with E-state index in [0.717, 1.165) is 54.1 Å². The second-order valence-corrected chi connectivity index (χ2v) is 6.89. The maximum absolute atomic E-state index is 5.21. The van der Waals surface area contributed by atoms with Crippen molar-refractivity contribution in [2.24, 2.45) is 0 Å². The van der Waals surface area contributed by atoms with Crippen LogP contribution in [-0.2, 0) is 19.5 Å². The van der Waals surface area contributed by atoms with Gasteiger partial charge in [0.15, 0.2) is 0 Å². The van der Waals surface area contributed by atoms with Crippen LogP contribution in [0.4, 0.5) is 11.6 Å². The lowest BCUT2D eigenvalue weighted by Gasteiger charge is -2.20. The van der Waals surface area contributed by atoms with E-state index in [4.69, 9.17) is 9.72 Å². The Labute approximate surface area is 165 Å². The van der Waals surface area contributed by atoms with Crippen molar-refractivity contribution in [3.63, 3.8) is 0 Å². The zero-order chi connectivity index (χ0) is 19.5. The van der Waals surface area contributed by atoms with Gasteiger partial charge < -0.3 is 14.5 Å². The molecule has 0 bridgehead atoms. The van der Waals surface area contributed by atoms with Gasteiger partial charge >= 0.3 is 0 Å². The molecule has 2 aromatic heterocycles. The Bertz CT molecular complexity index is 959. The molecule has 0 unspecified atom stereocenters. The van der Waals surface area contributed by atoms with Gasteiger partial charge in [0.2, 0.25) is 0 Å². The minimum Gasteiger partial charge on any atom is -0.497 e. The number of anilines is 2. The fourth-order valence-corrected chi connectivity index (χ4v) is 3.25. The molecule has 7 nitrogen and oxygen atoms in total. The van der Waals surface area contributed by atoms with Crippen LogP contribution in [0.1, 0.15) is 29.6 Å². The molecule has 1 aliphatic rings. The van der Waals surface area contributed by atoms with Gasteiger partial charge in [-0.2, -0.15) is 0 Å². The Morgan fingerprint density at radius 1 is 1.11 bits per heavy atom. The van der Waals surface area contributed by atoms with Crippen LogP contribution < -0.4 is 14.5 Å². The van der Waals surface area contributed by atoms with Crippen LogP contribution in [0.2, 0.25) is 0 Å². The van der Waals surface area contributed by atoms with Crippen LogP contribution in [-0.4, -0.2) is 40.6 Å². The Morgan fingerprint density at radius 2 is 1.93 bits per heavy atom. The third-order valence-corrected chi connectivity index (χ3v) is 5.05. The quantitative estimate of drug-likeness (QED) is 0.655. The summed E-state index contributed by atoms with van der Waals surface area (Å²) in [5, 5.41) is 0. The number of methoxy groups -OCH3 is 1. The van der Waals surface area contributed by atoms with Crippen molar-refractivity contribution in [1.29, 1.82) is 0 Å². The number of nitrogens with zero attached hydrogens (tertiary/aromatic N) is 6. The van der Waals surface area contributed by atoms with Gasteiger partial charge in [0.25, 0.3) is 0 Å². The predicted octanol–water partition coefficient (Wildman–Crippen LogP) is 2.84. The third-order valence-electron chi connectivity index (χ3n) is 5.05. The molecule has 0 saturated carbocycles. The lowest BCUT2D eigenvalue weighted by molar-refractivity contribution is 0.414. The normalized spacial score (nSPS) is 12.8. The molecule has 3 aromatic rings. The molecular weight excluding hydrogens is 352 g/mol. The Balaban J connectivity index is 1.49. The highest BCUT2D eigenvalue weighted by Crippen LogP contribution is 2.27. The van der Waals surface area contributed by atoms with E-state index in [1.807, 2.05) is 43.6 Å². The van der Waals surface area contributed by atoms with Gasteiger partial charge in [-0.1, -0.05) is 12.1 Å². The molecule has 3 heterocycles. The Hall–Kier alpha value is -3.22. The van der Waals surface area contributed by atoms with Crippen molar-refractivity contribution in [3.05, 3.63) is 65.5 Å². The predicted molar refractivity (Wildman–Crippen MR) is 109 cm³/mol. The van der Waals surface area contributed by atoms with Crippen LogP contribution in [0.15, 0.2) is 42.9 Å². The number of benzene rings is 1.